The Morgan fingerprint density at radius 2 is 1.74 bits per heavy atom. The summed E-state index contributed by atoms with van der Waals surface area (Å²) in [6, 6.07) is 13.5. The van der Waals surface area contributed by atoms with Gasteiger partial charge in [-0.05, 0) is 68.5 Å². The van der Waals surface area contributed by atoms with E-state index in [1.807, 2.05) is 48.5 Å². The average Bonchev–Trinajstić information content (AvgIpc) is 2.98. The molecule has 2 aromatic carbocycles. The number of unbranched alkanes of at least 4 members (excludes halogenated alkanes) is 2. The Labute approximate surface area is 216 Å². The molecule has 1 saturated heterocycles. The molecule has 0 spiro atoms. The van der Waals surface area contributed by atoms with E-state index in [0.717, 1.165) is 43.9 Å². The molecule has 3 rings (SSSR count). The summed E-state index contributed by atoms with van der Waals surface area (Å²) in [5.74, 6) is -0.0818. The molecule has 2 aromatic rings. The molecule has 1 heterocycles. The van der Waals surface area contributed by atoms with Crippen LogP contribution in [0.4, 0.5) is 5.69 Å². The van der Waals surface area contributed by atoms with Crippen molar-refractivity contribution in [2.24, 2.45) is 0 Å². The van der Waals surface area contributed by atoms with Gasteiger partial charge in [0.15, 0.2) is 0 Å². The van der Waals surface area contributed by atoms with Crippen molar-refractivity contribution in [3.8, 4) is 0 Å². The molecule has 1 aliphatic heterocycles. The van der Waals surface area contributed by atoms with E-state index >= 15 is 0 Å². The zero-order valence-electron chi connectivity index (χ0n) is 16.4. The van der Waals surface area contributed by atoms with Crippen LogP contribution in [0.1, 0.15) is 31.2 Å². The van der Waals surface area contributed by atoms with Gasteiger partial charge in [0.1, 0.15) is 4.32 Å². The van der Waals surface area contributed by atoms with Gasteiger partial charge in [-0.15, -0.1) is 0 Å². The average molecular weight is 647 g/mol. The first-order valence-corrected chi connectivity index (χ1v) is 13.2. The summed E-state index contributed by atoms with van der Waals surface area (Å²) in [4.78, 5) is 27.2. The van der Waals surface area contributed by atoms with Gasteiger partial charge in [0.05, 0.1) is 10.6 Å². The molecule has 0 atom stereocenters. The minimum atomic E-state index is -0.0415. The normalized spacial score (nSPS) is 15.1. The van der Waals surface area contributed by atoms with Crippen LogP contribution in [0.2, 0.25) is 0 Å². The molecule has 0 radical (unpaired) electrons. The fraction of sp³-hybridized carbons (Fsp3) is 0.227. The van der Waals surface area contributed by atoms with E-state index < -0.39 is 0 Å². The lowest BCUT2D eigenvalue weighted by molar-refractivity contribution is -0.122. The van der Waals surface area contributed by atoms with Crippen LogP contribution in [0.25, 0.3) is 6.08 Å². The summed E-state index contributed by atoms with van der Waals surface area (Å²) < 4.78 is 3.12. The molecule has 0 aromatic heterocycles. The molecule has 1 N–H and O–H groups in total. The van der Waals surface area contributed by atoms with Crippen molar-refractivity contribution < 1.29 is 9.59 Å². The van der Waals surface area contributed by atoms with E-state index in [1.54, 1.807) is 4.90 Å². The molecule has 0 bridgehead atoms. The van der Waals surface area contributed by atoms with Gasteiger partial charge in [0.2, 0.25) is 5.91 Å². The fourth-order valence-corrected chi connectivity index (χ4v) is 6.75. The molecule has 4 nitrogen and oxygen atoms in total. The first kappa shape index (κ1) is 24.6. The second-order valence-electron chi connectivity index (χ2n) is 6.85. The highest BCUT2D eigenvalue weighted by Gasteiger charge is 2.31. The summed E-state index contributed by atoms with van der Waals surface area (Å²) in [5, 5.41) is 2.93. The number of halogens is 3. The third-order valence-corrected chi connectivity index (χ3v) is 7.61. The van der Waals surface area contributed by atoms with Crippen molar-refractivity contribution in [2.45, 2.75) is 25.7 Å². The summed E-state index contributed by atoms with van der Waals surface area (Å²) in [5.41, 5.74) is 1.70. The largest absolute Gasteiger partial charge is 0.324 e. The molecule has 9 heteroatoms. The molecule has 0 unspecified atom stereocenters. The van der Waals surface area contributed by atoms with Crippen LogP contribution < -0.4 is 5.32 Å². The lowest BCUT2D eigenvalue weighted by atomic mass is 10.1. The van der Waals surface area contributed by atoms with Crippen LogP contribution in [0.15, 0.2) is 60.8 Å². The monoisotopic (exact) mass is 644 g/mol. The number of carbonyl (C=O) groups is 2. The number of thiocarbonyl (C=S) groups is 1. The van der Waals surface area contributed by atoms with Gasteiger partial charge in [-0.25, -0.2) is 0 Å². The van der Waals surface area contributed by atoms with E-state index in [-0.39, 0.29) is 11.8 Å². The Hall–Kier alpha value is -1.000. The molecule has 162 valence electrons. The van der Waals surface area contributed by atoms with Crippen LogP contribution in [0.5, 0.6) is 0 Å². The Morgan fingerprint density at radius 3 is 2.42 bits per heavy atom. The van der Waals surface area contributed by atoms with Crippen molar-refractivity contribution in [1.29, 1.82) is 0 Å². The van der Waals surface area contributed by atoms with Crippen LogP contribution in [0.3, 0.4) is 0 Å². The van der Waals surface area contributed by atoms with Gasteiger partial charge >= 0.3 is 0 Å². The van der Waals surface area contributed by atoms with Gasteiger partial charge in [-0.3, -0.25) is 14.5 Å². The molecule has 2 amide bonds. The molecule has 1 fully saturated rings. The Kier molecular flexibility index (Phi) is 9.33. The third kappa shape index (κ3) is 6.99. The highest BCUT2D eigenvalue weighted by molar-refractivity contribution is 9.11. The minimum absolute atomic E-state index is 0.0402. The molecule has 31 heavy (non-hydrogen) atoms. The molecular weight excluding hydrogens is 628 g/mol. The fourth-order valence-electron chi connectivity index (χ4n) is 2.99. The molecular formula is C22H19Br3N2O2S2. The quantitative estimate of drug-likeness (QED) is 0.185. The standard InChI is InChI=1S/C22H19Br3N2O2S2/c23-15-12-16(24)20(17(25)13-15)26-19(28)9-5-2-6-10-27-21(29)18(31-22(27)30)11-14-7-3-1-4-8-14/h1,3-4,7-8,11-13H,2,5-6,9-10H2,(H,26,28)/b18-11-. The Balaban J connectivity index is 1.43. The minimum Gasteiger partial charge on any atom is -0.324 e. The number of hydrogen-bond donors (Lipinski definition) is 1. The number of anilines is 1. The third-order valence-electron chi connectivity index (χ3n) is 4.53. The maximum Gasteiger partial charge on any atom is 0.266 e. The lowest BCUT2D eigenvalue weighted by Crippen LogP contribution is -2.29. The summed E-state index contributed by atoms with van der Waals surface area (Å²) in [6.07, 6.45) is 4.67. The van der Waals surface area contributed by atoms with Gasteiger partial charge in [0.25, 0.3) is 5.91 Å². The van der Waals surface area contributed by atoms with E-state index in [2.05, 4.69) is 53.1 Å². The number of nitrogens with one attached hydrogen (secondary N) is 1. The zero-order valence-corrected chi connectivity index (χ0v) is 22.8. The van der Waals surface area contributed by atoms with Crippen LogP contribution in [-0.4, -0.2) is 27.6 Å². The topological polar surface area (TPSA) is 49.4 Å². The number of thioether (sulfide) groups is 1. The van der Waals surface area contributed by atoms with Crippen molar-refractivity contribution in [1.82, 2.24) is 4.90 Å². The highest BCUT2D eigenvalue weighted by Crippen LogP contribution is 2.35. The second-order valence-corrected chi connectivity index (χ2v) is 11.1. The molecule has 0 aliphatic carbocycles. The lowest BCUT2D eigenvalue weighted by Gasteiger charge is -2.14. The van der Waals surface area contributed by atoms with Crippen molar-refractivity contribution in [3.63, 3.8) is 0 Å². The van der Waals surface area contributed by atoms with E-state index in [0.29, 0.717) is 22.2 Å². The number of rotatable bonds is 8. The summed E-state index contributed by atoms with van der Waals surface area (Å²) >= 11 is 17.1. The Morgan fingerprint density at radius 1 is 1.06 bits per heavy atom. The number of carbonyl (C=O) groups excluding carboxylic acids is 2. The summed E-state index contributed by atoms with van der Waals surface area (Å²) in [7, 11) is 0. The molecule has 0 saturated carbocycles. The predicted molar refractivity (Wildman–Crippen MR) is 143 cm³/mol. The zero-order chi connectivity index (χ0) is 22.4. The number of nitrogens with zero attached hydrogens (tertiary/aromatic N) is 1. The van der Waals surface area contributed by atoms with Gasteiger partial charge < -0.3 is 5.32 Å². The molecule has 1 aliphatic rings. The summed E-state index contributed by atoms with van der Waals surface area (Å²) in [6.45, 7) is 0.572. The van der Waals surface area contributed by atoms with E-state index in [4.69, 9.17) is 12.2 Å². The van der Waals surface area contributed by atoms with E-state index in [9.17, 15) is 9.59 Å². The van der Waals surface area contributed by atoms with Crippen LogP contribution in [0, 0.1) is 0 Å². The van der Waals surface area contributed by atoms with Crippen molar-refractivity contribution in [2.75, 3.05) is 11.9 Å². The maximum atomic E-state index is 12.7. The number of amides is 2. The van der Waals surface area contributed by atoms with Crippen molar-refractivity contribution >= 4 is 99.7 Å². The van der Waals surface area contributed by atoms with E-state index in [1.165, 1.54) is 11.8 Å². The van der Waals surface area contributed by atoms with Crippen LogP contribution in [-0.2, 0) is 9.59 Å². The van der Waals surface area contributed by atoms with Crippen LogP contribution >= 0.6 is 71.8 Å². The first-order valence-electron chi connectivity index (χ1n) is 9.60. The number of benzene rings is 2. The van der Waals surface area contributed by atoms with Gasteiger partial charge in [-0.2, -0.15) is 0 Å². The maximum absolute atomic E-state index is 12.7. The predicted octanol–water partition coefficient (Wildman–Crippen LogP) is 7.37. The second kappa shape index (κ2) is 11.7. The van der Waals surface area contributed by atoms with Gasteiger partial charge in [-0.1, -0.05) is 76.7 Å². The first-order chi connectivity index (χ1) is 14.8. The highest BCUT2D eigenvalue weighted by atomic mass is 79.9. The SMILES string of the molecule is O=C(CCCCCN1C(=O)/C(=C/c2ccccc2)SC1=S)Nc1c(Br)cc(Br)cc1Br. The van der Waals surface area contributed by atoms with Gasteiger partial charge in [0, 0.05) is 26.4 Å². The Bertz CT molecular complexity index is 1010. The smallest absolute Gasteiger partial charge is 0.266 e. The number of hydrogen-bond acceptors (Lipinski definition) is 4. The van der Waals surface area contributed by atoms with Crippen molar-refractivity contribution in [3.05, 3.63) is 66.4 Å².